The molecule has 4 heteroatoms. The van der Waals surface area contributed by atoms with Crippen LogP contribution < -0.4 is 0 Å². The van der Waals surface area contributed by atoms with Gasteiger partial charge < -0.3 is 9.47 Å². The minimum atomic E-state index is -1.64. The second-order valence-corrected chi connectivity index (χ2v) is 13.6. The minimum absolute atomic E-state index is 0.769. The molecule has 0 radical (unpaired) electrons. The van der Waals surface area contributed by atoms with Crippen molar-refractivity contribution in [2.75, 3.05) is 26.2 Å². The van der Waals surface area contributed by atoms with Gasteiger partial charge in [-0.25, -0.2) is 0 Å². The number of fused-ring (bicyclic) bond motifs is 2. The second-order valence-electron chi connectivity index (χ2n) is 9.11. The summed E-state index contributed by atoms with van der Waals surface area (Å²) in [7, 11) is -1.64. The molecule has 0 aromatic rings. The average Bonchev–Trinajstić information content (AvgIpc) is 3.15. The van der Waals surface area contributed by atoms with Gasteiger partial charge in [-0.05, 0) is 49.1 Å². The van der Waals surface area contributed by atoms with Crippen LogP contribution in [0.2, 0.25) is 18.1 Å². The van der Waals surface area contributed by atoms with E-state index in [4.69, 9.17) is 4.99 Å². The van der Waals surface area contributed by atoms with Crippen molar-refractivity contribution in [2.24, 2.45) is 16.8 Å². The first-order valence-corrected chi connectivity index (χ1v) is 14.0. The van der Waals surface area contributed by atoms with Gasteiger partial charge in [0.25, 0.3) is 0 Å². The molecule has 2 aliphatic carbocycles. The predicted octanol–water partition coefficient (Wildman–Crippen LogP) is 5.21. The number of unbranched alkanes of at least 4 members (excludes halogenated alkanes) is 2. The Balaban J connectivity index is 1.61. The van der Waals surface area contributed by atoms with Crippen LogP contribution in [0.25, 0.3) is 0 Å². The zero-order chi connectivity index (χ0) is 18.7. The van der Waals surface area contributed by atoms with E-state index in [0.29, 0.717) is 0 Å². The summed E-state index contributed by atoms with van der Waals surface area (Å²) < 4.78 is 2.89. The summed E-state index contributed by atoms with van der Waals surface area (Å²) >= 11 is 0. The van der Waals surface area contributed by atoms with Gasteiger partial charge in [0, 0.05) is 26.2 Å². The van der Waals surface area contributed by atoms with Gasteiger partial charge in [-0.3, -0.25) is 4.99 Å². The summed E-state index contributed by atoms with van der Waals surface area (Å²) in [5.41, 5.74) is 0.872. The Morgan fingerprint density at radius 3 is 2.89 bits per heavy atom. The molecular formula is C23H37N3Si. The standard InChI is InChI=1S/C23H37N3Si/c1-3-4-5-8-19-27(2,22-14-13-20-11-6-7-12-21(20)22)26-18-10-17-25-16-9-15-24-23(25)26/h3,6-7,11-12,20-22H,1,4-5,8-10,13-19H2,2H3. The molecule has 27 heavy (non-hydrogen) atoms. The third kappa shape index (κ3) is 3.70. The van der Waals surface area contributed by atoms with E-state index in [1.54, 1.807) is 0 Å². The van der Waals surface area contributed by atoms with E-state index in [1.165, 1.54) is 70.2 Å². The summed E-state index contributed by atoms with van der Waals surface area (Å²) in [5, 5.41) is 0. The van der Waals surface area contributed by atoms with Gasteiger partial charge in [-0.2, -0.15) is 0 Å². The fourth-order valence-corrected chi connectivity index (χ4v) is 11.4. The average molecular weight is 384 g/mol. The van der Waals surface area contributed by atoms with Crippen LogP contribution in [0.3, 0.4) is 0 Å². The molecule has 2 heterocycles. The van der Waals surface area contributed by atoms with Crippen LogP contribution in [-0.4, -0.2) is 49.8 Å². The lowest BCUT2D eigenvalue weighted by molar-refractivity contribution is 0.291. The van der Waals surface area contributed by atoms with E-state index in [-0.39, 0.29) is 0 Å². The highest BCUT2D eigenvalue weighted by atomic mass is 28.3. The van der Waals surface area contributed by atoms with Crippen LogP contribution in [0.4, 0.5) is 0 Å². The quantitative estimate of drug-likeness (QED) is 0.341. The molecular weight excluding hydrogens is 346 g/mol. The molecule has 0 aromatic carbocycles. The molecule has 1 saturated carbocycles. The van der Waals surface area contributed by atoms with E-state index in [2.05, 4.69) is 53.0 Å². The summed E-state index contributed by atoms with van der Waals surface area (Å²) in [6, 6.07) is 1.42. The zero-order valence-corrected chi connectivity index (χ0v) is 18.2. The Morgan fingerprint density at radius 1 is 1.15 bits per heavy atom. The fourth-order valence-electron chi connectivity index (χ4n) is 6.09. The summed E-state index contributed by atoms with van der Waals surface area (Å²) in [6.07, 6.45) is 20.9. The summed E-state index contributed by atoms with van der Waals surface area (Å²) in [4.78, 5) is 7.68. The van der Waals surface area contributed by atoms with Crippen LogP contribution >= 0.6 is 0 Å². The van der Waals surface area contributed by atoms with Gasteiger partial charge in [0.2, 0.25) is 0 Å². The van der Waals surface area contributed by atoms with Crippen LogP contribution in [0, 0.1) is 11.8 Å². The Kier molecular flexibility index (Phi) is 5.91. The van der Waals surface area contributed by atoms with E-state index >= 15 is 0 Å². The van der Waals surface area contributed by atoms with Crippen molar-refractivity contribution in [3.8, 4) is 0 Å². The van der Waals surface area contributed by atoms with Gasteiger partial charge in [0.15, 0.2) is 14.2 Å². The predicted molar refractivity (Wildman–Crippen MR) is 119 cm³/mol. The normalized spacial score (nSPS) is 31.9. The van der Waals surface area contributed by atoms with E-state index in [1.807, 2.05) is 0 Å². The van der Waals surface area contributed by atoms with Crippen molar-refractivity contribution < 1.29 is 0 Å². The van der Waals surface area contributed by atoms with E-state index in [9.17, 15) is 0 Å². The van der Waals surface area contributed by atoms with Crippen molar-refractivity contribution in [3.05, 3.63) is 37.0 Å². The first kappa shape index (κ1) is 19.0. The molecule has 0 aromatic heterocycles. The van der Waals surface area contributed by atoms with E-state index < -0.39 is 8.24 Å². The SMILES string of the molecule is C=CCCCC[Si](C)(C1CCC2C=CC=CC21)N1CCCN2CCCN=C21. The molecule has 0 spiro atoms. The lowest BCUT2D eigenvalue weighted by Gasteiger charge is -2.52. The highest BCUT2D eigenvalue weighted by molar-refractivity contribution is 6.79. The van der Waals surface area contributed by atoms with Crippen molar-refractivity contribution in [1.29, 1.82) is 0 Å². The Labute approximate surface area is 167 Å². The molecule has 4 rings (SSSR count). The Hall–Kier alpha value is -1.29. The van der Waals surface area contributed by atoms with Gasteiger partial charge in [-0.15, -0.1) is 6.58 Å². The molecule has 2 aliphatic heterocycles. The molecule has 4 atom stereocenters. The topological polar surface area (TPSA) is 18.8 Å². The number of allylic oxidation sites excluding steroid dienone is 5. The number of guanidine groups is 1. The van der Waals surface area contributed by atoms with Gasteiger partial charge in [0.1, 0.15) is 0 Å². The molecule has 1 saturated heterocycles. The molecule has 2 fully saturated rings. The first-order chi connectivity index (χ1) is 13.2. The van der Waals surface area contributed by atoms with Crippen molar-refractivity contribution in [1.82, 2.24) is 9.47 Å². The molecule has 4 aliphatic rings. The van der Waals surface area contributed by atoms with Gasteiger partial charge in [-0.1, -0.05) is 56.2 Å². The number of rotatable bonds is 7. The first-order valence-electron chi connectivity index (χ1n) is 11.3. The van der Waals surface area contributed by atoms with Crippen LogP contribution in [0.15, 0.2) is 42.0 Å². The van der Waals surface area contributed by atoms with Gasteiger partial charge >= 0.3 is 0 Å². The number of nitrogens with zero attached hydrogens (tertiary/aromatic N) is 3. The summed E-state index contributed by atoms with van der Waals surface area (Å²) in [5.74, 6) is 2.93. The number of hydrogen-bond donors (Lipinski definition) is 0. The maximum atomic E-state index is 5.07. The van der Waals surface area contributed by atoms with Crippen molar-refractivity contribution in [2.45, 2.75) is 63.1 Å². The van der Waals surface area contributed by atoms with Gasteiger partial charge in [0.05, 0.1) is 0 Å². The molecule has 0 N–H and O–H groups in total. The maximum Gasteiger partial charge on any atom is 0.188 e. The minimum Gasteiger partial charge on any atom is -0.369 e. The molecule has 148 valence electrons. The largest absolute Gasteiger partial charge is 0.369 e. The van der Waals surface area contributed by atoms with E-state index in [0.717, 1.165) is 30.3 Å². The Morgan fingerprint density at radius 2 is 2.00 bits per heavy atom. The third-order valence-electron chi connectivity index (χ3n) is 7.50. The highest BCUT2D eigenvalue weighted by Crippen LogP contribution is 2.52. The smallest absolute Gasteiger partial charge is 0.188 e. The van der Waals surface area contributed by atoms with Crippen molar-refractivity contribution in [3.63, 3.8) is 0 Å². The summed E-state index contributed by atoms with van der Waals surface area (Å²) in [6.45, 7) is 11.3. The monoisotopic (exact) mass is 383 g/mol. The lowest BCUT2D eigenvalue weighted by atomic mass is 9.92. The molecule has 4 unspecified atom stereocenters. The van der Waals surface area contributed by atoms with Crippen LogP contribution in [0.5, 0.6) is 0 Å². The zero-order valence-electron chi connectivity index (χ0n) is 17.2. The lowest BCUT2D eigenvalue weighted by Crippen LogP contribution is -2.65. The van der Waals surface area contributed by atoms with Crippen LogP contribution in [0.1, 0.15) is 44.9 Å². The molecule has 0 amide bonds. The second kappa shape index (κ2) is 8.38. The van der Waals surface area contributed by atoms with Crippen molar-refractivity contribution >= 4 is 14.2 Å². The third-order valence-corrected chi connectivity index (χ3v) is 12.8. The maximum absolute atomic E-state index is 5.07. The Bertz CT molecular complexity index is 625. The fraction of sp³-hybridized carbons (Fsp3) is 0.696. The number of hydrogen-bond acceptors (Lipinski definition) is 3. The molecule has 0 bridgehead atoms. The van der Waals surface area contributed by atoms with Crippen LogP contribution in [-0.2, 0) is 0 Å². The molecule has 3 nitrogen and oxygen atoms in total. The number of aliphatic imine (C=N–C) groups is 1. The highest BCUT2D eigenvalue weighted by Gasteiger charge is 2.51.